The molecule has 1 aliphatic rings. The second kappa shape index (κ2) is 7.56. The number of thiophene rings is 1. The van der Waals surface area contributed by atoms with Crippen LogP contribution in [-0.4, -0.2) is 43.8 Å². The van der Waals surface area contributed by atoms with Gasteiger partial charge in [0.2, 0.25) is 0 Å². The number of benzene rings is 1. The molecular weight excluding hydrogens is 422 g/mol. The molecule has 1 aliphatic heterocycles. The van der Waals surface area contributed by atoms with Crippen molar-refractivity contribution in [1.29, 1.82) is 5.26 Å². The van der Waals surface area contributed by atoms with Crippen LogP contribution in [0.5, 0.6) is 0 Å². The number of rotatable bonds is 4. The van der Waals surface area contributed by atoms with Crippen LogP contribution in [0.4, 0.5) is 0 Å². The van der Waals surface area contributed by atoms with Crippen LogP contribution in [0.1, 0.15) is 16.5 Å². The van der Waals surface area contributed by atoms with Crippen molar-refractivity contribution in [3.63, 3.8) is 0 Å². The first-order valence-corrected chi connectivity index (χ1v) is 10.9. The average Bonchev–Trinajstić information content (AvgIpc) is 3.05. The van der Waals surface area contributed by atoms with E-state index in [-0.39, 0.29) is 6.04 Å². The fourth-order valence-electron chi connectivity index (χ4n) is 2.89. The van der Waals surface area contributed by atoms with E-state index in [2.05, 4.69) is 22.0 Å². The monoisotopic (exact) mass is 439 g/mol. The van der Waals surface area contributed by atoms with Crippen molar-refractivity contribution < 1.29 is 8.42 Å². The Labute approximate surface area is 160 Å². The SMILES string of the molecule is Cc1ccc(S(=O)(=O)N2CCN([C@@H](C#N)c3ccc(Br)cc3)CC2)s1. The second-order valence-electron chi connectivity index (χ2n) is 5.89. The van der Waals surface area contributed by atoms with Gasteiger partial charge in [-0.05, 0) is 36.8 Å². The molecule has 0 unspecified atom stereocenters. The quantitative estimate of drug-likeness (QED) is 0.731. The number of sulfonamides is 1. The van der Waals surface area contributed by atoms with Crippen LogP contribution in [0.25, 0.3) is 0 Å². The average molecular weight is 440 g/mol. The van der Waals surface area contributed by atoms with E-state index in [4.69, 9.17) is 0 Å². The minimum atomic E-state index is -3.43. The van der Waals surface area contributed by atoms with Gasteiger partial charge in [-0.25, -0.2) is 8.42 Å². The standard InChI is InChI=1S/C17H18BrN3O2S2/c1-13-2-7-17(24-13)25(22,23)21-10-8-20(9-11-21)16(12-19)14-3-5-15(18)6-4-14/h2-7,16H,8-11H2,1H3/t16-/m0/s1. The van der Waals surface area contributed by atoms with Gasteiger partial charge in [0.05, 0.1) is 6.07 Å². The Morgan fingerprint density at radius 1 is 1.12 bits per heavy atom. The molecule has 2 heterocycles. The Morgan fingerprint density at radius 3 is 2.28 bits per heavy atom. The summed E-state index contributed by atoms with van der Waals surface area (Å²) < 4.78 is 28.3. The number of aryl methyl sites for hydroxylation is 1. The van der Waals surface area contributed by atoms with Gasteiger partial charge in [-0.3, -0.25) is 4.90 Å². The molecule has 0 spiro atoms. The zero-order valence-corrected chi connectivity index (χ0v) is 16.9. The van der Waals surface area contributed by atoms with Gasteiger partial charge in [0, 0.05) is 35.5 Å². The molecule has 5 nitrogen and oxygen atoms in total. The van der Waals surface area contributed by atoms with Gasteiger partial charge < -0.3 is 0 Å². The molecule has 0 amide bonds. The van der Waals surface area contributed by atoms with Crippen LogP contribution < -0.4 is 0 Å². The molecule has 1 aromatic heterocycles. The highest BCUT2D eigenvalue weighted by molar-refractivity contribution is 9.10. The van der Waals surface area contributed by atoms with Gasteiger partial charge in [-0.1, -0.05) is 28.1 Å². The second-order valence-corrected chi connectivity index (χ2v) is 10.3. The normalized spacial score (nSPS) is 18.0. The molecule has 1 saturated heterocycles. The molecule has 1 aromatic carbocycles. The number of piperazine rings is 1. The molecule has 1 fully saturated rings. The summed E-state index contributed by atoms with van der Waals surface area (Å²) in [6.45, 7) is 3.77. The maximum atomic E-state index is 12.7. The van der Waals surface area contributed by atoms with Gasteiger partial charge in [0.1, 0.15) is 10.3 Å². The summed E-state index contributed by atoms with van der Waals surface area (Å²) >= 11 is 4.70. The molecule has 0 N–H and O–H groups in total. The van der Waals surface area contributed by atoms with E-state index in [1.165, 1.54) is 15.6 Å². The fourth-order valence-corrected chi connectivity index (χ4v) is 6.02. The maximum Gasteiger partial charge on any atom is 0.252 e. The number of halogens is 1. The molecule has 0 aliphatic carbocycles. The van der Waals surface area contributed by atoms with Crippen LogP contribution in [0.15, 0.2) is 45.1 Å². The van der Waals surface area contributed by atoms with Crippen molar-refractivity contribution in [2.45, 2.75) is 17.2 Å². The summed E-state index contributed by atoms with van der Waals surface area (Å²) in [5.41, 5.74) is 0.927. The lowest BCUT2D eigenvalue weighted by molar-refractivity contribution is 0.163. The van der Waals surface area contributed by atoms with E-state index in [0.717, 1.165) is 14.9 Å². The highest BCUT2D eigenvalue weighted by Gasteiger charge is 2.32. The van der Waals surface area contributed by atoms with Gasteiger partial charge in [-0.2, -0.15) is 9.57 Å². The molecule has 0 radical (unpaired) electrons. The van der Waals surface area contributed by atoms with Crippen LogP contribution in [0.3, 0.4) is 0 Å². The molecular formula is C17H18BrN3O2S2. The lowest BCUT2D eigenvalue weighted by Crippen LogP contribution is -2.49. The molecule has 1 atom stereocenters. The van der Waals surface area contributed by atoms with E-state index in [9.17, 15) is 13.7 Å². The summed E-state index contributed by atoms with van der Waals surface area (Å²) in [7, 11) is -3.43. The zero-order valence-electron chi connectivity index (χ0n) is 13.7. The van der Waals surface area contributed by atoms with Crippen molar-refractivity contribution in [3.8, 4) is 6.07 Å². The number of hydrogen-bond donors (Lipinski definition) is 0. The highest BCUT2D eigenvalue weighted by Crippen LogP contribution is 2.27. The Kier molecular flexibility index (Phi) is 5.61. The number of nitriles is 1. The Bertz CT molecular complexity index is 879. The van der Waals surface area contributed by atoms with E-state index < -0.39 is 10.0 Å². The first-order chi connectivity index (χ1) is 11.9. The first-order valence-electron chi connectivity index (χ1n) is 7.87. The Hall–Kier alpha value is -1.24. The van der Waals surface area contributed by atoms with Gasteiger partial charge in [0.25, 0.3) is 10.0 Å². The number of nitrogens with zero attached hydrogens (tertiary/aromatic N) is 3. The lowest BCUT2D eigenvalue weighted by Gasteiger charge is -2.36. The van der Waals surface area contributed by atoms with Crippen molar-refractivity contribution in [2.24, 2.45) is 0 Å². The first kappa shape index (κ1) is 18.5. The fraction of sp³-hybridized carbons (Fsp3) is 0.353. The highest BCUT2D eigenvalue weighted by atomic mass is 79.9. The largest absolute Gasteiger partial charge is 0.282 e. The third kappa shape index (κ3) is 3.96. The predicted molar refractivity (Wildman–Crippen MR) is 102 cm³/mol. The number of hydrogen-bond acceptors (Lipinski definition) is 5. The maximum absolute atomic E-state index is 12.7. The van der Waals surface area contributed by atoms with Crippen LogP contribution in [-0.2, 0) is 10.0 Å². The summed E-state index contributed by atoms with van der Waals surface area (Å²) in [5.74, 6) is 0. The van der Waals surface area contributed by atoms with Gasteiger partial charge >= 0.3 is 0 Å². The molecule has 8 heteroatoms. The smallest absolute Gasteiger partial charge is 0.252 e. The third-order valence-corrected chi connectivity index (χ3v) is 8.15. The van der Waals surface area contributed by atoms with E-state index in [1.54, 1.807) is 6.07 Å². The van der Waals surface area contributed by atoms with Crippen molar-refractivity contribution in [1.82, 2.24) is 9.21 Å². The van der Waals surface area contributed by atoms with Crippen LogP contribution in [0.2, 0.25) is 0 Å². The summed E-state index contributed by atoms with van der Waals surface area (Å²) in [6, 6.07) is 13.2. The molecule has 25 heavy (non-hydrogen) atoms. The molecule has 3 rings (SSSR count). The van der Waals surface area contributed by atoms with Gasteiger partial charge in [-0.15, -0.1) is 11.3 Å². The van der Waals surface area contributed by atoms with Crippen molar-refractivity contribution >= 4 is 37.3 Å². The third-order valence-electron chi connectivity index (χ3n) is 4.26. The zero-order chi connectivity index (χ0) is 18.0. The minimum Gasteiger partial charge on any atom is -0.282 e. The van der Waals surface area contributed by atoms with E-state index in [1.807, 2.05) is 42.2 Å². The van der Waals surface area contributed by atoms with Crippen LogP contribution >= 0.6 is 27.3 Å². The molecule has 2 aromatic rings. The summed E-state index contributed by atoms with van der Waals surface area (Å²) in [4.78, 5) is 3.02. The van der Waals surface area contributed by atoms with E-state index in [0.29, 0.717) is 30.4 Å². The van der Waals surface area contributed by atoms with E-state index >= 15 is 0 Å². The molecule has 0 bridgehead atoms. The molecule has 0 saturated carbocycles. The molecule has 132 valence electrons. The predicted octanol–water partition coefficient (Wildman–Crippen LogP) is 3.39. The van der Waals surface area contributed by atoms with Crippen molar-refractivity contribution in [3.05, 3.63) is 51.3 Å². The Morgan fingerprint density at radius 2 is 1.76 bits per heavy atom. The van der Waals surface area contributed by atoms with Crippen LogP contribution in [0, 0.1) is 18.3 Å². The summed E-state index contributed by atoms with van der Waals surface area (Å²) in [6.07, 6.45) is 0. The van der Waals surface area contributed by atoms with Gasteiger partial charge in [0.15, 0.2) is 0 Å². The lowest BCUT2D eigenvalue weighted by atomic mass is 10.1. The Balaban J connectivity index is 1.71. The summed E-state index contributed by atoms with van der Waals surface area (Å²) in [5, 5.41) is 9.57. The topological polar surface area (TPSA) is 64.4 Å². The minimum absolute atomic E-state index is 0.359. The van der Waals surface area contributed by atoms with Crippen molar-refractivity contribution in [2.75, 3.05) is 26.2 Å².